The summed E-state index contributed by atoms with van der Waals surface area (Å²) < 4.78 is 35.1. The Kier molecular flexibility index (Phi) is 5.47. The maximum atomic E-state index is 14.4. The number of ether oxygens (including phenoxy) is 1. The smallest absolute Gasteiger partial charge is 0.251 e. The Labute approximate surface area is 175 Å². The number of nitrogens with zero attached hydrogens (tertiary/aromatic N) is 3. The van der Waals surface area contributed by atoms with Crippen LogP contribution in [0.25, 0.3) is 5.69 Å². The number of aliphatic imine (C=N–C) groups is 1. The zero-order valence-corrected chi connectivity index (χ0v) is 16.5. The molecule has 0 fully saturated rings. The molecule has 0 aliphatic carbocycles. The topological polar surface area (TPSA) is 80.5 Å². The largest absolute Gasteiger partial charge is 0.383 e. The number of rotatable bonds is 5. The zero-order valence-electron chi connectivity index (χ0n) is 15.7. The normalized spacial score (nSPS) is 12.3. The lowest BCUT2D eigenvalue weighted by molar-refractivity contribution is 0.0937. The Morgan fingerprint density at radius 1 is 1.27 bits per heavy atom. The maximum Gasteiger partial charge on any atom is 0.251 e. The van der Waals surface area contributed by atoms with E-state index in [9.17, 15) is 13.6 Å². The summed E-state index contributed by atoms with van der Waals surface area (Å²) in [6.07, 6.45) is 1.37. The second-order valence-corrected chi connectivity index (χ2v) is 6.80. The van der Waals surface area contributed by atoms with Crippen LogP contribution in [-0.2, 0) is 4.74 Å². The minimum Gasteiger partial charge on any atom is -0.383 e. The molecule has 0 bridgehead atoms. The predicted octanol–water partition coefficient (Wildman–Crippen LogP) is 3.68. The van der Waals surface area contributed by atoms with Crippen LogP contribution in [0.15, 0.2) is 47.6 Å². The minimum atomic E-state index is -0.777. The molecule has 10 heteroatoms. The van der Waals surface area contributed by atoms with Crippen LogP contribution in [0.1, 0.15) is 15.9 Å². The van der Waals surface area contributed by atoms with Crippen LogP contribution in [0.4, 0.5) is 20.3 Å². The van der Waals surface area contributed by atoms with Crippen LogP contribution in [0.5, 0.6) is 0 Å². The number of carbonyl (C=O) groups excluding carboxylic acids is 1. The number of fused-ring (bicyclic) bond motifs is 3. The van der Waals surface area contributed by atoms with Gasteiger partial charge in [0, 0.05) is 19.2 Å². The van der Waals surface area contributed by atoms with Gasteiger partial charge in [-0.3, -0.25) is 4.79 Å². The zero-order chi connectivity index (χ0) is 21.3. The molecule has 1 aliphatic heterocycles. The standard InChI is InChI=1S/C20H16ClF2N5O2/c1-30-8-7-24-20(29)11-5-6-15-16(9-11)28-19(12(21)10-25-28)27-18(26-15)17-13(22)3-2-4-14(17)23/h2-6,9-10H,7-8H2,1H3,(H,24,29)(H,26,27). The highest BCUT2D eigenvalue weighted by Gasteiger charge is 2.24. The van der Waals surface area contributed by atoms with Crippen molar-refractivity contribution in [3.05, 3.63) is 70.4 Å². The van der Waals surface area contributed by atoms with Gasteiger partial charge in [0.1, 0.15) is 22.5 Å². The van der Waals surface area contributed by atoms with Crippen molar-refractivity contribution in [1.82, 2.24) is 15.1 Å². The molecule has 1 aromatic heterocycles. The van der Waals surface area contributed by atoms with Crippen LogP contribution in [0, 0.1) is 11.6 Å². The van der Waals surface area contributed by atoms with E-state index >= 15 is 0 Å². The van der Waals surface area contributed by atoms with E-state index in [2.05, 4.69) is 20.7 Å². The second kappa shape index (κ2) is 8.21. The number of carbonyl (C=O) groups is 1. The second-order valence-electron chi connectivity index (χ2n) is 6.39. The fourth-order valence-corrected chi connectivity index (χ4v) is 3.19. The quantitative estimate of drug-likeness (QED) is 0.604. The molecule has 0 spiro atoms. The summed E-state index contributed by atoms with van der Waals surface area (Å²) in [6.45, 7) is 0.728. The first-order valence-corrected chi connectivity index (χ1v) is 9.32. The number of aromatic nitrogens is 2. The van der Waals surface area contributed by atoms with Crippen molar-refractivity contribution in [3.63, 3.8) is 0 Å². The van der Waals surface area contributed by atoms with Crippen LogP contribution in [-0.4, -0.2) is 41.8 Å². The summed E-state index contributed by atoms with van der Waals surface area (Å²) >= 11 is 6.22. The molecule has 0 saturated heterocycles. The monoisotopic (exact) mass is 431 g/mol. The van der Waals surface area contributed by atoms with Crippen molar-refractivity contribution in [3.8, 4) is 5.69 Å². The molecule has 7 nitrogen and oxygen atoms in total. The van der Waals surface area contributed by atoms with Crippen molar-refractivity contribution in [1.29, 1.82) is 0 Å². The Hall–Kier alpha value is -3.30. The van der Waals surface area contributed by atoms with Crippen LogP contribution in [0.3, 0.4) is 0 Å². The van der Waals surface area contributed by atoms with E-state index in [1.54, 1.807) is 25.3 Å². The number of nitrogens with one attached hydrogen (secondary N) is 2. The summed E-state index contributed by atoms with van der Waals surface area (Å²) in [4.78, 5) is 16.7. The lowest BCUT2D eigenvalue weighted by Gasteiger charge is -2.13. The number of hydrogen-bond acceptors (Lipinski definition) is 5. The number of amides is 1. The molecule has 30 heavy (non-hydrogen) atoms. The van der Waals surface area contributed by atoms with E-state index in [1.807, 2.05) is 0 Å². The van der Waals surface area contributed by atoms with E-state index in [0.717, 1.165) is 12.1 Å². The highest BCUT2D eigenvalue weighted by Crippen LogP contribution is 2.35. The molecule has 1 amide bonds. The van der Waals surface area contributed by atoms with Crippen molar-refractivity contribution in [2.75, 3.05) is 25.6 Å². The molecule has 2 aromatic carbocycles. The number of methoxy groups -OCH3 is 1. The average molecular weight is 432 g/mol. The molecular formula is C20H16ClF2N5O2. The highest BCUT2D eigenvalue weighted by atomic mass is 35.5. The molecule has 4 rings (SSSR count). The lowest BCUT2D eigenvalue weighted by atomic mass is 10.1. The van der Waals surface area contributed by atoms with Crippen LogP contribution >= 0.6 is 11.6 Å². The maximum absolute atomic E-state index is 14.4. The molecule has 2 N–H and O–H groups in total. The molecule has 0 radical (unpaired) electrons. The van der Waals surface area contributed by atoms with Gasteiger partial charge in [0.2, 0.25) is 0 Å². The third kappa shape index (κ3) is 3.64. The molecule has 154 valence electrons. The Bertz CT molecular complexity index is 1140. The highest BCUT2D eigenvalue weighted by molar-refractivity contribution is 6.33. The lowest BCUT2D eigenvalue weighted by Crippen LogP contribution is -2.27. The van der Waals surface area contributed by atoms with Crippen LogP contribution in [0.2, 0.25) is 5.02 Å². The van der Waals surface area contributed by atoms with E-state index in [0.29, 0.717) is 30.1 Å². The summed E-state index contributed by atoms with van der Waals surface area (Å²) in [6, 6.07) is 8.33. The molecule has 0 unspecified atom stereocenters. The van der Waals surface area contributed by atoms with E-state index in [1.165, 1.54) is 16.9 Å². The van der Waals surface area contributed by atoms with Gasteiger partial charge in [-0.25, -0.2) is 18.5 Å². The first-order valence-electron chi connectivity index (χ1n) is 8.94. The van der Waals surface area contributed by atoms with E-state index in [-0.39, 0.29) is 28.1 Å². The average Bonchev–Trinajstić information content (AvgIpc) is 2.99. The van der Waals surface area contributed by atoms with Gasteiger partial charge in [-0.15, -0.1) is 0 Å². The van der Waals surface area contributed by atoms with Gasteiger partial charge in [-0.05, 0) is 30.3 Å². The van der Waals surface area contributed by atoms with Gasteiger partial charge >= 0.3 is 0 Å². The van der Waals surface area contributed by atoms with E-state index in [4.69, 9.17) is 16.3 Å². The SMILES string of the molecule is COCCNC(=O)c1ccc2c(c1)-n1ncc(Cl)c1N=C(c1c(F)cccc1F)N2. The molecule has 0 saturated carbocycles. The Morgan fingerprint density at radius 3 is 2.77 bits per heavy atom. The summed E-state index contributed by atoms with van der Waals surface area (Å²) in [5.74, 6) is -1.75. The van der Waals surface area contributed by atoms with Gasteiger partial charge in [0.25, 0.3) is 5.91 Å². The van der Waals surface area contributed by atoms with Gasteiger partial charge < -0.3 is 15.4 Å². The molecular weight excluding hydrogens is 416 g/mol. The summed E-state index contributed by atoms with van der Waals surface area (Å²) in [5, 5.41) is 10.1. The van der Waals surface area contributed by atoms with Gasteiger partial charge in [-0.2, -0.15) is 5.10 Å². The minimum absolute atomic E-state index is 0.0645. The fraction of sp³-hybridized carbons (Fsp3) is 0.150. The van der Waals surface area contributed by atoms with Gasteiger partial charge in [-0.1, -0.05) is 17.7 Å². The number of amidine groups is 1. The molecule has 2 heterocycles. The summed E-state index contributed by atoms with van der Waals surface area (Å²) in [5.41, 5.74) is 0.940. The number of hydrogen-bond donors (Lipinski definition) is 2. The van der Waals surface area contributed by atoms with Crippen LogP contribution < -0.4 is 10.6 Å². The number of anilines is 1. The predicted molar refractivity (Wildman–Crippen MR) is 109 cm³/mol. The van der Waals surface area contributed by atoms with Crippen molar-refractivity contribution in [2.24, 2.45) is 4.99 Å². The third-order valence-electron chi connectivity index (χ3n) is 4.45. The first-order chi connectivity index (χ1) is 14.5. The van der Waals surface area contributed by atoms with Gasteiger partial charge in [0.15, 0.2) is 5.82 Å². The Morgan fingerprint density at radius 2 is 2.03 bits per heavy atom. The van der Waals surface area contributed by atoms with E-state index < -0.39 is 11.6 Å². The van der Waals surface area contributed by atoms with Gasteiger partial charge in [0.05, 0.1) is 29.7 Å². The van der Waals surface area contributed by atoms with Crippen molar-refractivity contribution >= 4 is 34.8 Å². The number of halogens is 3. The molecule has 0 atom stereocenters. The summed E-state index contributed by atoms with van der Waals surface area (Å²) in [7, 11) is 1.54. The molecule has 1 aliphatic rings. The first kappa shape index (κ1) is 20.0. The Balaban J connectivity index is 1.80. The van der Waals surface area contributed by atoms with Crippen molar-refractivity contribution < 1.29 is 18.3 Å². The third-order valence-corrected chi connectivity index (χ3v) is 4.72. The van der Waals surface area contributed by atoms with Crippen molar-refractivity contribution in [2.45, 2.75) is 0 Å². The number of benzene rings is 2. The molecule has 3 aromatic rings. The fourth-order valence-electron chi connectivity index (χ4n) is 3.03.